The lowest BCUT2D eigenvalue weighted by atomic mass is 10.2. The van der Waals surface area contributed by atoms with Gasteiger partial charge < -0.3 is 15.4 Å². The molecule has 3 heterocycles. The van der Waals surface area contributed by atoms with Crippen molar-refractivity contribution in [2.45, 2.75) is 26.9 Å². The summed E-state index contributed by atoms with van der Waals surface area (Å²) in [6, 6.07) is 5.87. The summed E-state index contributed by atoms with van der Waals surface area (Å²) in [5.41, 5.74) is 7.75. The number of nitrogen functional groups attached to an aromatic ring is 1. The van der Waals surface area contributed by atoms with Gasteiger partial charge in [-0.1, -0.05) is 0 Å². The molecule has 0 saturated heterocycles. The zero-order chi connectivity index (χ0) is 18.7. The molecule has 8 heteroatoms. The van der Waals surface area contributed by atoms with Crippen LogP contribution in [0.15, 0.2) is 24.4 Å². The number of ether oxygens (including phenoxy) is 1. The molecule has 0 fully saturated rings. The molecule has 0 aliphatic heterocycles. The number of nitrogens with two attached hydrogens (primary N) is 1. The fourth-order valence-corrected chi connectivity index (χ4v) is 3.76. The SMILES string of the molecule is CCn1c(N)nc2cc(C(=O)N(CCOC)Cc3ccc(C)s3)cnc21. The molecule has 1 amide bonds. The fourth-order valence-electron chi connectivity index (χ4n) is 2.85. The number of fused-ring (bicyclic) bond motifs is 1. The quantitative estimate of drug-likeness (QED) is 0.688. The molecule has 0 aliphatic rings. The standard InChI is InChI=1S/C18H23N5O2S/c1-4-23-16-15(21-18(23)19)9-13(10-20-16)17(24)22(7-8-25-3)11-14-6-5-12(2)26-14/h5-6,9-10H,4,7-8,11H2,1-3H3,(H2,19,21). The van der Waals surface area contributed by atoms with Gasteiger partial charge in [-0.25, -0.2) is 9.97 Å². The fraction of sp³-hybridized carbons (Fsp3) is 0.389. The number of thiophene rings is 1. The van der Waals surface area contributed by atoms with Crippen molar-refractivity contribution < 1.29 is 9.53 Å². The maximum Gasteiger partial charge on any atom is 0.255 e. The lowest BCUT2D eigenvalue weighted by Crippen LogP contribution is -2.33. The molecule has 3 rings (SSSR count). The van der Waals surface area contributed by atoms with Crippen molar-refractivity contribution in [3.63, 3.8) is 0 Å². The first kappa shape index (κ1) is 18.3. The zero-order valence-corrected chi connectivity index (χ0v) is 16.0. The van der Waals surface area contributed by atoms with Crippen molar-refractivity contribution >= 4 is 34.4 Å². The normalized spacial score (nSPS) is 11.2. The topological polar surface area (TPSA) is 86.3 Å². The first-order valence-electron chi connectivity index (χ1n) is 8.48. The Kier molecular flexibility index (Phi) is 5.53. The van der Waals surface area contributed by atoms with E-state index < -0.39 is 0 Å². The first-order valence-corrected chi connectivity index (χ1v) is 9.30. The highest BCUT2D eigenvalue weighted by Crippen LogP contribution is 2.20. The molecule has 0 saturated carbocycles. The van der Waals surface area contributed by atoms with Crippen LogP contribution in [0.5, 0.6) is 0 Å². The number of carbonyl (C=O) groups is 1. The number of aryl methyl sites for hydroxylation is 2. The van der Waals surface area contributed by atoms with Crippen molar-refractivity contribution in [2.75, 3.05) is 26.0 Å². The summed E-state index contributed by atoms with van der Waals surface area (Å²) in [6.07, 6.45) is 1.59. The Morgan fingerprint density at radius 1 is 1.42 bits per heavy atom. The summed E-state index contributed by atoms with van der Waals surface area (Å²) < 4.78 is 6.99. The number of hydrogen-bond donors (Lipinski definition) is 1. The Bertz CT molecular complexity index is 918. The average Bonchev–Trinajstić information content (AvgIpc) is 3.18. The number of nitrogens with zero attached hydrogens (tertiary/aromatic N) is 4. The molecule has 3 aromatic rings. The van der Waals surface area contributed by atoms with E-state index in [-0.39, 0.29) is 5.91 Å². The Hall–Kier alpha value is -2.45. The summed E-state index contributed by atoms with van der Waals surface area (Å²) in [4.78, 5) is 25.9. The van der Waals surface area contributed by atoms with Crippen molar-refractivity contribution in [3.05, 3.63) is 39.7 Å². The molecule has 0 radical (unpaired) electrons. The van der Waals surface area contributed by atoms with Gasteiger partial charge in [0.25, 0.3) is 5.91 Å². The van der Waals surface area contributed by atoms with Crippen LogP contribution in [0.1, 0.15) is 27.0 Å². The molecular weight excluding hydrogens is 350 g/mol. The van der Waals surface area contributed by atoms with Crippen molar-refractivity contribution in [1.82, 2.24) is 19.4 Å². The summed E-state index contributed by atoms with van der Waals surface area (Å²) in [6.45, 7) is 6.25. The average molecular weight is 373 g/mol. The lowest BCUT2D eigenvalue weighted by Gasteiger charge is -2.21. The Labute approximate surface area is 156 Å². The molecule has 0 bridgehead atoms. The molecule has 0 atom stereocenters. The van der Waals surface area contributed by atoms with E-state index in [9.17, 15) is 4.79 Å². The molecule has 0 aliphatic carbocycles. The highest BCUT2D eigenvalue weighted by molar-refractivity contribution is 7.11. The molecule has 3 aromatic heterocycles. The van der Waals surface area contributed by atoms with E-state index in [1.807, 2.05) is 11.5 Å². The van der Waals surface area contributed by atoms with Crippen LogP contribution < -0.4 is 5.73 Å². The smallest absolute Gasteiger partial charge is 0.255 e. The van der Waals surface area contributed by atoms with E-state index >= 15 is 0 Å². The third-order valence-corrected chi connectivity index (χ3v) is 5.16. The Morgan fingerprint density at radius 2 is 2.23 bits per heavy atom. The van der Waals surface area contributed by atoms with Crippen molar-refractivity contribution in [1.29, 1.82) is 0 Å². The van der Waals surface area contributed by atoms with Crippen LogP contribution in [0.3, 0.4) is 0 Å². The van der Waals surface area contributed by atoms with Crippen LogP contribution >= 0.6 is 11.3 Å². The number of amides is 1. The van der Waals surface area contributed by atoms with Crippen molar-refractivity contribution in [2.24, 2.45) is 0 Å². The van der Waals surface area contributed by atoms with E-state index in [0.717, 1.165) is 4.88 Å². The monoisotopic (exact) mass is 373 g/mol. The van der Waals surface area contributed by atoms with E-state index in [0.29, 0.717) is 48.9 Å². The minimum absolute atomic E-state index is 0.0906. The van der Waals surface area contributed by atoms with Gasteiger partial charge in [0.2, 0.25) is 5.95 Å². The van der Waals surface area contributed by atoms with Gasteiger partial charge in [-0.2, -0.15) is 0 Å². The van der Waals surface area contributed by atoms with Gasteiger partial charge in [0.15, 0.2) is 5.65 Å². The van der Waals surface area contributed by atoms with Crippen LogP contribution in [-0.2, 0) is 17.8 Å². The summed E-state index contributed by atoms with van der Waals surface area (Å²) in [5, 5.41) is 0. The van der Waals surface area contributed by atoms with E-state index in [2.05, 4.69) is 29.0 Å². The summed E-state index contributed by atoms with van der Waals surface area (Å²) >= 11 is 1.69. The molecular formula is C18H23N5O2S. The van der Waals surface area contributed by atoms with E-state index in [1.54, 1.807) is 35.6 Å². The minimum atomic E-state index is -0.0906. The maximum absolute atomic E-state index is 13.0. The number of rotatable bonds is 7. The number of aromatic nitrogens is 3. The number of pyridine rings is 1. The van der Waals surface area contributed by atoms with Gasteiger partial charge in [0.1, 0.15) is 5.52 Å². The van der Waals surface area contributed by atoms with Gasteiger partial charge in [-0.05, 0) is 32.0 Å². The van der Waals surface area contributed by atoms with Crippen LogP contribution in [0, 0.1) is 6.92 Å². The predicted octanol–water partition coefficient (Wildman–Crippen LogP) is 2.69. The van der Waals surface area contributed by atoms with Crippen molar-refractivity contribution in [3.8, 4) is 0 Å². The molecule has 0 unspecified atom stereocenters. The van der Waals surface area contributed by atoms with Gasteiger partial charge in [-0.3, -0.25) is 9.36 Å². The van der Waals surface area contributed by atoms with Gasteiger partial charge in [-0.15, -0.1) is 11.3 Å². The number of carbonyl (C=O) groups excluding carboxylic acids is 1. The number of hydrogen-bond acceptors (Lipinski definition) is 6. The van der Waals surface area contributed by atoms with Crippen LogP contribution in [-0.4, -0.2) is 45.6 Å². The second-order valence-electron chi connectivity index (χ2n) is 6.01. The number of imidazole rings is 1. The summed E-state index contributed by atoms with van der Waals surface area (Å²) in [5.74, 6) is 0.317. The van der Waals surface area contributed by atoms with E-state index in [1.165, 1.54) is 4.88 Å². The highest BCUT2D eigenvalue weighted by Gasteiger charge is 2.19. The Balaban J connectivity index is 1.88. The predicted molar refractivity (Wildman–Crippen MR) is 103 cm³/mol. The number of methoxy groups -OCH3 is 1. The molecule has 7 nitrogen and oxygen atoms in total. The lowest BCUT2D eigenvalue weighted by molar-refractivity contribution is 0.0682. The molecule has 138 valence electrons. The third-order valence-electron chi connectivity index (χ3n) is 4.17. The molecule has 2 N–H and O–H groups in total. The number of anilines is 1. The van der Waals surface area contributed by atoms with Gasteiger partial charge in [0, 0.05) is 36.2 Å². The largest absolute Gasteiger partial charge is 0.383 e. The second-order valence-corrected chi connectivity index (χ2v) is 7.39. The van der Waals surface area contributed by atoms with Gasteiger partial charge >= 0.3 is 0 Å². The zero-order valence-electron chi connectivity index (χ0n) is 15.2. The molecule has 0 spiro atoms. The summed E-state index contributed by atoms with van der Waals surface area (Å²) in [7, 11) is 1.63. The second kappa shape index (κ2) is 7.84. The van der Waals surface area contributed by atoms with Gasteiger partial charge in [0.05, 0.1) is 18.7 Å². The minimum Gasteiger partial charge on any atom is -0.383 e. The third kappa shape index (κ3) is 3.71. The van der Waals surface area contributed by atoms with Crippen LogP contribution in [0.2, 0.25) is 0 Å². The van der Waals surface area contributed by atoms with Crippen LogP contribution in [0.25, 0.3) is 11.2 Å². The molecule has 0 aromatic carbocycles. The molecule has 26 heavy (non-hydrogen) atoms. The highest BCUT2D eigenvalue weighted by atomic mass is 32.1. The maximum atomic E-state index is 13.0. The van der Waals surface area contributed by atoms with E-state index in [4.69, 9.17) is 10.5 Å². The first-order chi connectivity index (χ1) is 12.5. The van der Waals surface area contributed by atoms with Crippen LogP contribution in [0.4, 0.5) is 5.95 Å². The Morgan fingerprint density at radius 3 is 2.88 bits per heavy atom.